The highest BCUT2D eigenvalue weighted by Crippen LogP contribution is 2.46. The Balaban J connectivity index is 1.71. The van der Waals surface area contributed by atoms with Gasteiger partial charge in [0.15, 0.2) is 17.1 Å². The lowest BCUT2D eigenvalue weighted by atomic mass is 9.94. The quantitative estimate of drug-likeness (QED) is 0.402. The SMILES string of the molecule is Cc1c(C)c(-c2ncncn2)c2c(oc3ccccc32)c1-n1c2c(c3nccnc31)N=CCN2. The molecule has 34 heavy (non-hydrogen) atoms. The van der Waals surface area contributed by atoms with E-state index in [0.29, 0.717) is 12.4 Å². The summed E-state index contributed by atoms with van der Waals surface area (Å²) >= 11 is 0. The van der Waals surface area contributed by atoms with Crippen LogP contribution in [0, 0.1) is 13.8 Å². The van der Waals surface area contributed by atoms with Gasteiger partial charge in [0, 0.05) is 34.9 Å². The van der Waals surface area contributed by atoms with E-state index < -0.39 is 0 Å². The zero-order valence-corrected chi connectivity index (χ0v) is 18.4. The Morgan fingerprint density at radius 3 is 2.68 bits per heavy atom. The summed E-state index contributed by atoms with van der Waals surface area (Å²) in [6.07, 6.45) is 8.28. The Hall–Kier alpha value is -4.66. The van der Waals surface area contributed by atoms with Crippen LogP contribution in [0.5, 0.6) is 0 Å². The largest absolute Gasteiger partial charge is 0.454 e. The van der Waals surface area contributed by atoms with Crippen LogP contribution in [0.25, 0.3) is 50.2 Å². The predicted molar refractivity (Wildman–Crippen MR) is 131 cm³/mol. The Morgan fingerprint density at radius 1 is 0.971 bits per heavy atom. The first-order valence-electron chi connectivity index (χ1n) is 10.9. The second-order valence-electron chi connectivity index (χ2n) is 8.19. The number of fused-ring (bicyclic) bond motifs is 6. The summed E-state index contributed by atoms with van der Waals surface area (Å²) in [6.45, 7) is 4.80. The van der Waals surface area contributed by atoms with Gasteiger partial charge in [-0.15, -0.1) is 0 Å². The van der Waals surface area contributed by atoms with Gasteiger partial charge in [-0.2, -0.15) is 0 Å². The van der Waals surface area contributed by atoms with Crippen LogP contribution in [0.1, 0.15) is 11.1 Å². The van der Waals surface area contributed by atoms with E-state index in [1.807, 2.05) is 24.4 Å². The van der Waals surface area contributed by atoms with E-state index in [4.69, 9.17) is 4.42 Å². The van der Waals surface area contributed by atoms with Crippen molar-refractivity contribution in [2.45, 2.75) is 13.8 Å². The van der Waals surface area contributed by atoms with Crippen molar-refractivity contribution in [1.82, 2.24) is 29.5 Å². The summed E-state index contributed by atoms with van der Waals surface area (Å²) in [7, 11) is 0. The number of hydrogen-bond donors (Lipinski definition) is 1. The zero-order chi connectivity index (χ0) is 22.8. The van der Waals surface area contributed by atoms with Crippen LogP contribution in [-0.2, 0) is 0 Å². The van der Waals surface area contributed by atoms with Gasteiger partial charge in [0.05, 0.1) is 12.2 Å². The van der Waals surface area contributed by atoms with Crippen LogP contribution < -0.4 is 5.32 Å². The first-order valence-corrected chi connectivity index (χ1v) is 10.9. The number of hydrogen-bond acceptors (Lipinski definition) is 8. The lowest BCUT2D eigenvalue weighted by Crippen LogP contribution is -2.12. The molecule has 0 spiro atoms. The Labute approximate surface area is 193 Å². The van der Waals surface area contributed by atoms with Crippen molar-refractivity contribution < 1.29 is 4.42 Å². The molecule has 0 bridgehead atoms. The van der Waals surface area contributed by atoms with Crippen molar-refractivity contribution in [3.63, 3.8) is 0 Å². The maximum atomic E-state index is 6.54. The molecule has 164 valence electrons. The van der Waals surface area contributed by atoms with E-state index in [1.165, 1.54) is 12.7 Å². The van der Waals surface area contributed by atoms with Crippen LogP contribution in [-0.4, -0.2) is 42.2 Å². The normalized spacial score (nSPS) is 13.0. The second kappa shape index (κ2) is 6.92. The zero-order valence-electron chi connectivity index (χ0n) is 18.4. The maximum Gasteiger partial charge on any atom is 0.167 e. The summed E-state index contributed by atoms with van der Waals surface area (Å²) in [5.74, 6) is 1.46. The standard InChI is InChI=1S/C25H18N8O/c1-13-14(2)21(33-24-19(27-7-9-29-24)20-25(33)30-10-8-28-20)22-18(15-5-3-4-6-16(15)34-22)17(13)23-31-11-26-12-32-23/h3-9,11-12,30H,10H2,1-2H3. The van der Waals surface area contributed by atoms with Gasteiger partial charge >= 0.3 is 0 Å². The van der Waals surface area contributed by atoms with Crippen molar-refractivity contribution >= 4 is 50.8 Å². The molecule has 0 unspecified atom stereocenters. The number of aromatic nitrogens is 6. The maximum absolute atomic E-state index is 6.54. The minimum atomic E-state index is 0.612. The van der Waals surface area contributed by atoms with E-state index in [0.717, 1.165) is 67.0 Å². The van der Waals surface area contributed by atoms with Crippen molar-refractivity contribution in [1.29, 1.82) is 0 Å². The van der Waals surface area contributed by atoms with E-state index in [-0.39, 0.29) is 0 Å². The molecule has 2 aromatic carbocycles. The fraction of sp³-hybridized carbons (Fsp3) is 0.120. The molecule has 9 nitrogen and oxygen atoms in total. The molecule has 0 amide bonds. The van der Waals surface area contributed by atoms with E-state index in [2.05, 4.69) is 59.7 Å². The minimum absolute atomic E-state index is 0.612. The molecule has 1 aliphatic heterocycles. The molecule has 0 saturated carbocycles. The number of anilines is 1. The minimum Gasteiger partial charge on any atom is -0.454 e. The molecule has 4 aromatic heterocycles. The third kappa shape index (κ3) is 2.43. The number of nitrogens with one attached hydrogen (secondary N) is 1. The monoisotopic (exact) mass is 446 g/mol. The lowest BCUT2D eigenvalue weighted by molar-refractivity contribution is 0.665. The summed E-state index contributed by atoms with van der Waals surface area (Å²) in [6, 6.07) is 8.03. The van der Waals surface area contributed by atoms with Gasteiger partial charge < -0.3 is 9.73 Å². The molecule has 0 fully saturated rings. The topological polar surface area (TPSA) is 107 Å². The number of rotatable bonds is 2. The Kier molecular flexibility index (Phi) is 3.84. The third-order valence-corrected chi connectivity index (χ3v) is 6.44. The van der Waals surface area contributed by atoms with Crippen LogP contribution in [0.3, 0.4) is 0 Å². The van der Waals surface area contributed by atoms with E-state index >= 15 is 0 Å². The van der Waals surface area contributed by atoms with Gasteiger partial charge in [-0.3, -0.25) is 9.56 Å². The third-order valence-electron chi connectivity index (χ3n) is 6.44. The van der Waals surface area contributed by atoms with Crippen LogP contribution >= 0.6 is 0 Å². The average molecular weight is 446 g/mol. The highest BCUT2D eigenvalue weighted by molar-refractivity contribution is 6.16. The molecule has 0 atom stereocenters. The number of para-hydroxylation sites is 1. The van der Waals surface area contributed by atoms with Crippen molar-refractivity contribution in [3.05, 3.63) is 60.4 Å². The first-order chi connectivity index (χ1) is 16.7. The van der Waals surface area contributed by atoms with Crippen LogP contribution in [0.15, 0.2) is 58.7 Å². The van der Waals surface area contributed by atoms with Gasteiger partial charge in [-0.1, -0.05) is 18.2 Å². The number of nitrogens with zero attached hydrogens (tertiary/aromatic N) is 7. The van der Waals surface area contributed by atoms with Gasteiger partial charge in [0.25, 0.3) is 0 Å². The molecule has 0 saturated heterocycles. The Bertz CT molecular complexity index is 1780. The molecule has 5 heterocycles. The highest BCUT2D eigenvalue weighted by atomic mass is 16.3. The van der Waals surface area contributed by atoms with Gasteiger partial charge in [0.2, 0.25) is 0 Å². The summed E-state index contributed by atoms with van der Waals surface area (Å²) in [5.41, 5.74) is 7.69. The second-order valence-corrected chi connectivity index (χ2v) is 8.19. The summed E-state index contributed by atoms with van der Waals surface area (Å²) in [4.78, 5) is 26.9. The van der Waals surface area contributed by atoms with E-state index in [9.17, 15) is 0 Å². The molecule has 0 radical (unpaired) electrons. The van der Waals surface area contributed by atoms with Crippen molar-refractivity contribution in [2.75, 3.05) is 11.9 Å². The van der Waals surface area contributed by atoms with Crippen molar-refractivity contribution in [2.24, 2.45) is 4.99 Å². The van der Waals surface area contributed by atoms with Crippen molar-refractivity contribution in [3.8, 4) is 17.1 Å². The lowest BCUT2D eigenvalue weighted by Gasteiger charge is -2.19. The van der Waals surface area contributed by atoms with Crippen LogP contribution in [0.2, 0.25) is 0 Å². The smallest absolute Gasteiger partial charge is 0.167 e. The molecular weight excluding hydrogens is 428 g/mol. The average Bonchev–Trinajstić information content (AvgIpc) is 3.42. The van der Waals surface area contributed by atoms with Gasteiger partial charge in [0.1, 0.15) is 35.3 Å². The van der Waals surface area contributed by atoms with Gasteiger partial charge in [-0.05, 0) is 31.0 Å². The molecule has 7 rings (SSSR count). The highest BCUT2D eigenvalue weighted by Gasteiger charge is 2.29. The fourth-order valence-electron chi connectivity index (χ4n) is 4.87. The van der Waals surface area contributed by atoms with E-state index in [1.54, 1.807) is 12.4 Å². The number of furan rings is 1. The Morgan fingerprint density at radius 2 is 1.79 bits per heavy atom. The molecular formula is C25H18N8O. The number of aliphatic imine (C=N–C) groups is 1. The molecule has 0 aliphatic carbocycles. The number of benzene rings is 2. The fourth-order valence-corrected chi connectivity index (χ4v) is 4.87. The summed E-state index contributed by atoms with van der Waals surface area (Å²) in [5, 5.41) is 5.43. The summed E-state index contributed by atoms with van der Waals surface area (Å²) < 4.78 is 8.62. The first kappa shape index (κ1) is 18.9. The molecule has 1 N–H and O–H groups in total. The predicted octanol–water partition coefficient (Wildman–Crippen LogP) is 4.92. The molecule has 9 heteroatoms. The molecule has 6 aromatic rings. The van der Waals surface area contributed by atoms with Gasteiger partial charge in [-0.25, -0.2) is 24.9 Å². The van der Waals surface area contributed by atoms with Crippen LogP contribution in [0.4, 0.5) is 11.5 Å². The molecule has 1 aliphatic rings.